The fourth-order valence-electron chi connectivity index (χ4n) is 3.35. The number of ether oxygens (including phenoxy) is 4. The van der Waals surface area contributed by atoms with Crippen LogP contribution in [0.15, 0.2) is 54.6 Å². The van der Waals surface area contributed by atoms with E-state index in [1.807, 2.05) is 36.4 Å². The second-order valence-corrected chi connectivity index (χ2v) is 7.21. The molecule has 0 radical (unpaired) electrons. The van der Waals surface area contributed by atoms with Crippen molar-refractivity contribution in [2.24, 2.45) is 0 Å². The van der Waals surface area contributed by atoms with Crippen molar-refractivity contribution in [3.63, 3.8) is 0 Å². The Morgan fingerprint density at radius 3 is 2.52 bits per heavy atom. The van der Waals surface area contributed by atoms with E-state index in [1.165, 1.54) is 0 Å². The molecular formula is C24H23NO6. The summed E-state index contributed by atoms with van der Waals surface area (Å²) < 4.78 is 21.4. The third-order valence-electron chi connectivity index (χ3n) is 5.10. The Bertz CT molecular complexity index is 1130. The smallest absolute Gasteiger partial charge is 0.313 e. The van der Waals surface area contributed by atoms with Crippen molar-refractivity contribution < 1.29 is 28.5 Å². The van der Waals surface area contributed by atoms with E-state index in [1.54, 1.807) is 32.2 Å². The van der Waals surface area contributed by atoms with Gasteiger partial charge in [-0.05, 0) is 47.5 Å². The standard InChI is InChI=1S/C24H23NO6/c1-15(16-3-4-18-12-20(28-2)7-5-17(18)11-16)24(27)31-14-23(26)25-19-6-8-21-22(13-19)30-10-9-29-21/h3-8,11-13,15H,9-10,14H2,1-2H3,(H,25,26). The molecule has 1 aliphatic heterocycles. The van der Waals surface area contributed by atoms with E-state index >= 15 is 0 Å². The summed E-state index contributed by atoms with van der Waals surface area (Å²) in [5, 5.41) is 4.71. The molecule has 0 saturated heterocycles. The van der Waals surface area contributed by atoms with Crippen molar-refractivity contribution in [1.29, 1.82) is 0 Å². The quantitative estimate of drug-likeness (QED) is 0.608. The van der Waals surface area contributed by atoms with Gasteiger partial charge in [0.05, 0.1) is 13.0 Å². The van der Waals surface area contributed by atoms with Gasteiger partial charge in [-0.1, -0.05) is 24.3 Å². The molecule has 7 nitrogen and oxygen atoms in total. The molecule has 1 unspecified atom stereocenters. The Morgan fingerprint density at radius 2 is 1.71 bits per heavy atom. The highest BCUT2D eigenvalue weighted by Gasteiger charge is 2.19. The summed E-state index contributed by atoms with van der Waals surface area (Å²) in [5.41, 5.74) is 1.36. The van der Waals surface area contributed by atoms with E-state index in [0.29, 0.717) is 30.4 Å². The van der Waals surface area contributed by atoms with Crippen molar-refractivity contribution in [3.05, 3.63) is 60.2 Å². The van der Waals surface area contributed by atoms with Crippen LogP contribution in [-0.4, -0.2) is 38.8 Å². The third kappa shape index (κ3) is 4.71. The maximum atomic E-state index is 12.5. The first kappa shape index (κ1) is 20.5. The lowest BCUT2D eigenvalue weighted by Crippen LogP contribution is -2.23. The minimum atomic E-state index is -0.506. The summed E-state index contributed by atoms with van der Waals surface area (Å²) >= 11 is 0. The molecule has 3 aromatic rings. The van der Waals surface area contributed by atoms with E-state index < -0.39 is 17.8 Å². The lowest BCUT2D eigenvalue weighted by Gasteiger charge is -2.19. The summed E-state index contributed by atoms with van der Waals surface area (Å²) in [5.74, 6) is 0.584. The maximum absolute atomic E-state index is 12.5. The van der Waals surface area contributed by atoms with Gasteiger partial charge in [-0.3, -0.25) is 9.59 Å². The molecule has 0 bridgehead atoms. The normalized spacial score (nSPS) is 13.4. The summed E-state index contributed by atoms with van der Waals surface area (Å²) in [6.07, 6.45) is 0. The average molecular weight is 421 g/mol. The van der Waals surface area contributed by atoms with Gasteiger partial charge < -0.3 is 24.3 Å². The van der Waals surface area contributed by atoms with Crippen molar-refractivity contribution in [2.45, 2.75) is 12.8 Å². The number of benzene rings is 3. The fraction of sp³-hybridized carbons (Fsp3) is 0.250. The Hall–Kier alpha value is -3.74. The second-order valence-electron chi connectivity index (χ2n) is 7.21. The number of amides is 1. The van der Waals surface area contributed by atoms with E-state index in [-0.39, 0.29) is 6.61 Å². The SMILES string of the molecule is COc1ccc2cc(C(C)C(=O)OCC(=O)Nc3ccc4c(c3)OCCO4)ccc2c1. The van der Waals surface area contributed by atoms with Gasteiger partial charge in [-0.25, -0.2) is 0 Å². The zero-order valence-electron chi connectivity index (χ0n) is 17.3. The lowest BCUT2D eigenvalue weighted by molar-refractivity contribution is -0.148. The molecule has 0 fully saturated rings. The van der Waals surface area contributed by atoms with Crippen LogP contribution in [0, 0.1) is 0 Å². The maximum Gasteiger partial charge on any atom is 0.313 e. The molecule has 160 valence electrons. The number of methoxy groups -OCH3 is 1. The van der Waals surface area contributed by atoms with Gasteiger partial charge in [0.1, 0.15) is 19.0 Å². The largest absolute Gasteiger partial charge is 0.497 e. The summed E-state index contributed by atoms with van der Waals surface area (Å²) in [4.78, 5) is 24.7. The van der Waals surface area contributed by atoms with Gasteiger partial charge >= 0.3 is 5.97 Å². The highest BCUT2D eigenvalue weighted by molar-refractivity contribution is 5.94. The van der Waals surface area contributed by atoms with Gasteiger partial charge in [0.15, 0.2) is 18.1 Å². The third-order valence-corrected chi connectivity index (χ3v) is 5.10. The summed E-state index contributed by atoms with van der Waals surface area (Å²) in [7, 11) is 1.62. The zero-order valence-corrected chi connectivity index (χ0v) is 17.3. The monoisotopic (exact) mass is 421 g/mol. The molecule has 1 amide bonds. The van der Waals surface area contributed by atoms with Crippen LogP contribution in [0.25, 0.3) is 10.8 Å². The van der Waals surface area contributed by atoms with E-state index in [0.717, 1.165) is 22.1 Å². The molecule has 1 atom stereocenters. The van der Waals surface area contributed by atoms with Crippen LogP contribution in [0.1, 0.15) is 18.4 Å². The van der Waals surface area contributed by atoms with Crippen LogP contribution in [0.2, 0.25) is 0 Å². The number of esters is 1. The van der Waals surface area contributed by atoms with Crippen LogP contribution in [0.4, 0.5) is 5.69 Å². The fourth-order valence-corrected chi connectivity index (χ4v) is 3.35. The molecule has 31 heavy (non-hydrogen) atoms. The Balaban J connectivity index is 1.34. The number of hydrogen-bond donors (Lipinski definition) is 1. The molecule has 1 N–H and O–H groups in total. The molecule has 0 spiro atoms. The number of fused-ring (bicyclic) bond motifs is 2. The first-order valence-electron chi connectivity index (χ1n) is 9.97. The van der Waals surface area contributed by atoms with Gasteiger partial charge in [0, 0.05) is 11.8 Å². The van der Waals surface area contributed by atoms with Gasteiger partial charge in [-0.2, -0.15) is 0 Å². The number of hydrogen-bond acceptors (Lipinski definition) is 6. The van der Waals surface area contributed by atoms with Crippen LogP contribution < -0.4 is 19.5 Å². The molecule has 7 heteroatoms. The van der Waals surface area contributed by atoms with Gasteiger partial charge in [0.25, 0.3) is 5.91 Å². The first-order valence-corrected chi connectivity index (χ1v) is 9.97. The van der Waals surface area contributed by atoms with E-state index in [4.69, 9.17) is 18.9 Å². The predicted molar refractivity (Wildman–Crippen MR) is 116 cm³/mol. The van der Waals surface area contributed by atoms with Crippen molar-refractivity contribution >= 4 is 28.3 Å². The van der Waals surface area contributed by atoms with E-state index in [9.17, 15) is 9.59 Å². The molecule has 3 aromatic carbocycles. The van der Waals surface area contributed by atoms with Crippen molar-refractivity contribution in [2.75, 3.05) is 32.2 Å². The topological polar surface area (TPSA) is 83.1 Å². The molecule has 4 rings (SSSR count). The molecule has 0 aliphatic carbocycles. The summed E-state index contributed by atoms with van der Waals surface area (Å²) in [6, 6.07) is 16.6. The van der Waals surface area contributed by atoms with Crippen LogP contribution in [0.3, 0.4) is 0 Å². The Labute approximate surface area is 179 Å². The Kier molecular flexibility index (Phi) is 5.93. The van der Waals surface area contributed by atoms with Gasteiger partial charge in [0.2, 0.25) is 0 Å². The number of carbonyl (C=O) groups excluding carboxylic acids is 2. The van der Waals surface area contributed by atoms with Crippen molar-refractivity contribution in [3.8, 4) is 17.2 Å². The van der Waals surface area contributed by atoms with Crippen LogP contribution in [0.5, 0.6) is 17.2 Å². The lowest BCUT2D eigenvalue weighted by atomic mass is 9.98. The van der Waals surface area contributed by atoms with Crippen LogP contribution >= 0.6 is 0 Å². The number of nitrogens with one attached hydrogen (secondary N) is 1. The molecule has 0 saturated carbocycles. The second kappa shape index (κ2) is 8.95. The van der Waals surface area contributed by atoms with Crippen molar-refractivity contribution in [1.82, 2.24) is 0 Å². The predicted octanol–water partition coefficient (Wildman–Crippen LogP) is 3.91. The molecule has 0 aromatic heterocycles. The average Bonchev–Trinajstić information content (AvgIpc) is 2.81. The first-order chi connectivity index (χ1) is 15.0. The number of rotatable bonds is 6. The zero-order chi connectivity index (χ0) is 21.8. The van der Waals surface area contributed by atoms with Crippen LogP contribution in [-0.2, 0) is 14.3 Å². The molecular weight excluding hydrogens is 398 g/mol. The number of anilines is 1. The number of carbonyl (C=O) groups is 2. The van der Waals surface area contributed by atoms with Gasteiger partial charge in [-0.15, -0.1) is 0 Å². The Morgan fingerprint density at radius 1 is 0.968 bits per heavy atom. The molecule has 1 aliphatic rings. The summed E-state index contributed by atoms with van der Waals surface area (Å²) in [6.45, 7) is 2.34. The highest BCUT2D eigenvalue weighted by Crippen LogP contribution is 2.32. The van der Waals surface area contributed by atoms with E-state index in [2.05, 4.69) is 5.32 Å². The minimum Gasteiger partial charge on any atom is -0.497 e. The highest BCUT2D eigenvalue weighted by atomic mass is 16.6. The molecule has 1 heterocycles. The minimum absolute atomic E-state index is 0.373.